The van der Waals surface area contributed by atoms with Gasteiger partial charge < -0.3 is 20.3 Å². The lowest BCUT2D eigenvalue weighted by Gasteiger charge is -2.37. The van der Waals surface area contributed by atoms with E-state index in [1.54, 1.807) is 49.6 Å². The SMILES string of the molecule is CN(C(=O)Oc1ccc(Cl)cc1)[C@@H]1C(C(=O)C2CC(c3ccccn3)NCC2C#N)NC[C@H]1c1ccc(Cl)cc1. The summed E-state index contributed by atoms with van der Waals surface area (Å²) in [5, 5.41) is 17.8. The van der Waals surface area contributed by atoms with Crippen LogP contribution in [0.4, 0.5) is 4.79 Å². The number of benzene rings is 2. The minimum Gasteiger partial charge on any atom is -0.410 e. The summed E-state index contributed by atoms with van der Waals surface area (Å²) in [6.07, 6.45) is 1.56. The Labute approximate surface area is 243 Å². The predicted octanol–water partition coefficient (Wildman–Crippen LogP) is 5.00. The monoisotopic (exact) mass is 577 g/mol. The van der Waals surface area contributed by atoms with Crippen molar-refractivity contribution >= 4 is 35.1 Å². The van der Waals surface area contributed by atoms with E-state index in [1.165, 1.54) is 4.90 Å². The number of amides is 1. The number of aromatic nitrogens is 1. The molecule has 0 radical (unpaired) electrons. The third-order valence-corrected chi connectivity index (χ3v) is 8.31. The fraction of sp³-hybridized carbons (Fsp3) is 0.333. The molecule has 5 rings (SSSR count). The molecule has 2 fully saturated rings. The first-order chi connectivity index (χ1) is 19.4. The van der Waals surface area contributed by atoms with Crippen molar-refractivity contribution in [1.29, 1.82) is 5.26 Å². The van der Waals surface area contributed by atoms with Crippen LogP contribution in [-0.2, 0) is 4.79 Å². The van der Waals surface area contributed by atoms with Crippen LogP contribution in [0, 0.1) is 23.2 Å². The van der Waals surface area contributed by atoms with E-state index in [1.807, 2.05) is 30.3 Å². The number of halogens is 2. The molecule has 0 aliphatic carbocycles. The van der Waals surface area contributed by atoms with E-state index in [4.69, 9.17) is 27.9 Å². The Kier molecular flexibility index (Phi) is 8.67. The first-order valence-electron chi connectivity index (χ1n) is 13.1. The molecule has 0 saturated carbocycles. The molecule has 8 nitrogen and oxygen atoms in total. The smallest absolute Gasteiger partial charge is 0.410 e. The highest BCUT2D eigenvalue weighted by Crippen LogP contribution is 2.37. The van der Waals surface area contributed by atoms with E-state index in [0.717, 1.165) is 11.3 Å². The zero-order valence-electron chi connectivity index (χ0n) is 21.8. The number of rotatable bonds is 6. The molecule has 2 aliphatic heterocycles. The van der Waals surface area contributed by atoms with Gasteiger partial charge in [0.25, 0.3) is 0 Å². The average Bonchev–Trinajstić information content (AvgIpc) is 3.43. The fourth-order valence-electron chi connectivity index (χ4n) is 5.71. The standard InChI is InChI=1S/C30H29Cl2N5O3/c1-37(30(39)40-22-11-9-21(32)10-12-22)28-24(18-5-7-20(31)8-6-18)17-36-27(28)29(38)23-14-26(35-16-19(23)15-33)25-4-2-3-13-34-25/h2-13,19,23-24,26-28,35-36H,14,16-17H2,1H3/t19?,23?,24-,26?,27?,28-/m0/s1. The van der Waals surface area contributed by atoms with E-state index in [2.05, 4.69) is 21.7 Å². The number of ketones is 1. The number of pyridine rings is 1. The Balaban J connectivity index is 1.43. The van der Waals surface area contributed by atoms with Crippen molar-refractivity contribution < 1.29 is 14.3 Å². The maximum absolute atomic E-state index is 14.2. The van der Waals surface area contributed by atoms with Crippen molar-refractivity contribution in [3.8, 4) is 11.8 Å². The summed E-state index contributed by atoms with van der Waals surface area (Å²) in [6, 6.07) is 20.5. The van der Waals surface area contributed by atoms with Crippen LogP contribution in [0.25, 0.3) is 0 Å². The number of carbonyl (C=O) groups excluding carboxylic acids is 2. The van der Waals surface area contributed by atoms with Crippen molar-refractivity contribution in [3.63, 3.8) is 0 Å². The summed E-state index contributed by atoms with van der Waals surface area (Å²) in [5.41, 5.74) is 1.77. The van der Waals surface area contributed by atoms with Gasteiger partial charge in [0.2, 0.25) is 0 Å². The molecule has 0 spiro atoms. The van der Waals surface area contributed by atoms with Crippen LogP contribution in [0.15, 0.2) is 72.9 Å². The summed E-state index contributed by atoms with van der Waals surface area (Å²) >= 11 is 12.1. The van der Waals surface area contributed by atoms with Crippen molar-refractivity contribution in [3.05, 3.63) is 94.2 Å². The number of hydrogen-bond donors (Lipinski definition) is 2. The molecular weight excluding hydrogens is 549 g/mol. The molecule has 0 bridgehead atoms. The topological polar surface area (TPSA) is 107 Å². The number of ether oxygens (including phenoxy) is 1. The van der Waals surface area contributed by atoms with Gasteiger partial charge in [0, 0.05) is 48.2 Å². The molecule has 3 aromatic rings. The molecule has 3 heterocycles. The number of nitrogens with one attached hydrogen (secondary N) is 2. The molecule has 4 unspecified atom stereocenters. The average molecular weight is 579 g/mol. The minimum absolute atomic E-state index is 0.0958. The first kappa shape index (κ1) is 28.1. The molecule has 40 heavy (non-hydrogen) atoms. The summed E-state index contributed by atoms with van der Waals surface area (Å²) < 4.78 is 5.64. The molecule has 2 saturated heterocycles. The third-order valence-electron chi connectivity index (χ3n) is 7.81. The number of nitrogens with zero attached hydrogens (tertiary/aromatic N) is 3. The van der Waals surface area contributed by atoms with Gasteiger partial charge in [0.1, 0.15) is 5.75 Å². The number of piperidine rings is 1. The Bertz CT molecular complexity index is 1380. The predicted molar refractivity (Wildman–Crippen MR) is 152 cm³/mol. The Hall–Kier alpha value is -3.48. The lowest BCUT2D eigenvalue weighted by Crippen LogP contribution is -2.54. The number of nitriles is 1. The second-order valence-corrected chi connectivity index (χ2v) is 11.0. The van der Waals surface area contributed by atoms with Crippen LogP contribution in [0.2, 0.25) is 10.0 Å². The highest BCUT2D eigenvalue weighted by molar-refractivity contribution is 6.30. The second kappa shape index (κ2) is 12.4. The van der Waals surface area contributed by atoms with Gasteiger partial charge >= 0.3 is 6.09 Å². The van der Waals surface area contributed by atoms with Crippen LogP contribution in [0.3, 0.4) is 0 Å². The van der Waals surface area contributed by atoms with Crippen molar-refractivity contribution in [2.75, 3.05) is 20.1 Å². The van der Waals surface area contributed by atoms with Crippen LogP contribution < -0.4 is 15.4 Å². The quantitative estimate of drug-likeness (QED) is 0.424. The van der Waals surface area contributed by atoms with Crippen LogP contribution in [0.5, 0.6) is 5.75 Å². The molecule has 2 aromatic carbocycles. The van der Waals surface area contributed by atoms with E-state index >= 15 is 0 Å². The lowest BCUT2D eigenvalue weighted by atomic mass is 9.76. The van der Waals surface area contributed by atoms with Crippen molar-refractivity contribution in [1.82, 2.24) is 20.5 Å². The van der Waals surface area contributed by atoms with Crippen LogP contribution in [0.1, 0.15) is 29.6 Å². The first-order valence-corrected chi connectivity index (χ1v) is 13.9. The second-order valence-electron chi connectivity index (χ2n) is 10.2. The van der Waals surface area contributed by atoms with Gasteiger partial charge in [-0.2, -0.15) is 5.26 Å². The van der Waals surface area contributed by atoms with Gasteiger partial charge in [-0.15, -0.1) is 0 Å². The van der Waals surface area contributed by atoms with Gasteiger partial charge in [-0.1, -0.05) is 41.4 Å². The minimum atomic E-state index is -0.702. The van der Waals surface area contributed by atoms with E-state index < -0.39 is 30.0 Å². The number of Topliss-reactive ketones (excluding diaryl/α,β-unsaturated/α-hetero) is 1. The number of likely N-dealkylation sites (N-methyl/N-ethyl adjacent to an activating group) is 1. The summed E-state index contributed by atoms with van der Waals surface area (Å²) in [5.74, 6) is -0.998. The van der Waals surface area contributed by atoms with E-state index in [-0.39, 0.29) is 17.7 Å². The van der Waals surface area contributed by atoms with Gasteiger partial charge in [0.15, 0.2) is 5.78 Å². The van der Waals surface area contributed by atoms with Crippen molar-refractivity contribution in [2.45, 2.75) is 30.5 Å². The molecule has 1 aromatic heterocycles. The number of carbonyl (C=O) groups is 2. The maximum Gasteiger partial charge on any atom is 0.415 e. The molecule has 206 valence electrons. The molecule has 2 aliphatic rings. The largest absolute Gasteiger partial charge is 0.415 e. The fourth-order valence-corrected chi connectivity index (χ4v) is 5.97. The van der Waals surface area contributed by atoms with Crippen LogP contribution >= 0.6 is 23.2 Å². The third kappa shape index (κ3) is 5.98. The Morgan fingerprint density at radius 3 is 2.35 bits per heavy atom. The molecule has 2 N–H and O–H groups in total. The number of hydrogen-bond acceptors (Lipinski definition) is 7. The Morgan fingerprint density at radius 1 is 1.00 bits per heavy atom. The lowest BCUT2D eigenvalue weighted by molar-refractivity contribution is -0.127. The zero-order chi connectivity index (χ0) is 28.2. The van der Waals surface area contributed by atoms with E-state index in [9.17, 15) is 14.9 Å². The summed E-state index contributed by atoms with van der Waals surface area (Å²) in [7, 11) is 1.64. The van der Waals surface area contributed by atoms with E-state index in [0.29, 0.717) is 35.3 Å². The Morgan fingerprint density at radius 2 is 1.70 bits per heavy atom. The van der Waals surface area contributed by atoms with Gasteiger partial charge in [0.05, 0.1) is 35.8 Å². The highest BCUT2D eigenvalue weighted by Gasteiger charge is 2.49. The summed E-state index contributed by atoms with van der Waals surface area (Å²) in [6.45, 7) is 0.841. The normalized spacial score (nSPS) is 26.1. The molecule has 1 amide bonds. The van der Waals surface area contributed by atoms with Gasteiger partial charge in [-0.05, 0) is 60.5 Å². The van der Waals surface area contributed by atoms with Gasteiger partial charge in [-0.3, -0.25) is 9.78 Å². The van der Waals surface area contributed by atoms with Gasteiger partial charge in [-0.25, -0.2) is 4.79 Å². The highest BCUT2D eigenvalue weighted by atomic mass is 35.5. The zero-order valence-corrected chi connectivity index (χ0v) is 23.3. The van der Waals surface area contributed by atoms with Crippen molar-refractivity contribution in [2.24, 2.45) is 11.8 Å². The maximum atomic E-state index is 14.2. The molecule has 10 heteroatoms. The van der Waals surface area contributed by atoms with Crippen LogP contribution in [-0.4, -0.2) is 54.0 Å². The summed E-state index contributed by atoms with van der Waals surface area (Å²) in [4.78, 5) is 33.5. The molecule has 6 atom stereocenters. The molecular formula is C30H29Cl2N5O3.